The Hall–Kier alpha value is -4.31. The number of para-hydroxylation sites is 1. The molecule has 0 bridgehead atoms. The molecule has 3 aliphatic rings. The monoisotopic (exact) mass is 567 g/mol. The molecule has 4 aromatic rings. The lowest BCUT2D eigenvalue weighted by atomic mass is 10.0. The molecule has 9 nitrogen and oxygen atoms in total. The Kier molecular flexibility index (Phi) is 6.23. The van der Waals surface area contributed by atoms with Gasteiger partial charge in [-0.2, -0.15) is 0 Å². The average Bonchev–Trinajstić information content (AvgIpc) is 3.42. The number of carbonyl (C=O) groups excluding carboxylic acids is 3. The summed E-state index contributed by atoms with van der Waals surface area (Å²) in [6.07, 6.45) is 6.16. The minimum atomic E-state index is -0.565. The summed E-state index contributed by atoms with van der Waals surface area (Å²) in [7, 11) is 0. The number of rotatable bonds is 6. The number of amides is 3. The number of H-pyrrole nitrogens is 1. The summed E-state index contributed by atoms with van der Waals surface area (Å²) < 4.78 is 6.00. The Labute approximate surface area is 241 Å². The number of nitrogens with one attached hydrogen (secondary N) is 3. The fraction of sp³-hybridized carbons (Fsp3) is 0.290. The number of pyridine rings is 1. The number of carbonyl (C=O) groups is 3. The zero-order valence-corrected chi connectivity index (χ0v) is 23.3. The van der Waals surface area contributed by atoms with Crippen LogP contribution in [0.15, 0.2) is 76.8 Å². The molecule has 1 saturated heterocycles. The van der Waals surface area contributed by atoms with E-state index in [1.165, 1.54) is 0 Å². The third-order valence-electron chi connectivity index (χ3n) is 8.25. The summed E-state index contributed by atoms with van der Waals surface area (Å²) in [5.74, 6) is 0.561. The number of likely N-dealkylation sites (tertiary alicyclic amines) is 1. The Bertz CT molecular complexity index is 1660. The van der Waals surface area contributed by atoms with Crippen LogP contribution in [-0.4, -0.2) is 51.7 Å². The van der Waals surface area contributed by atoms with Crippen LogP contribution in [0.2, 0.25) is 0 Å². The van der Waals surface area contributed by atoms with E-state index in [-0.39, 0.29) is 35.7 Å². The fourth-order valence-corrected chi connectivity index (χ4v) is 6.67. The SMILES string of the molecule is C[C@@H](NC(=O)C1CC2(CC2)CN1C(=O)CNC(=O)c1ccc2c(c1)Oc1ccccc1S2)c1cc2cnccc2[nH]1. The Morgan fingerprint density at radius 1 is 1.12 bits per heavy atom. The molecular weight excluding hydrogens is 538 g/mol. The minimum absolute atomic E-state index is 0.0154. The standard InChI is InChI=1S/C31H29N5O4S/c1-18(22-12-20-15-32-11-8-21(20)35-22)34-30(39)23-14-31(9-10-31)17-36(23)28(37)16-33-29(38)19-6-7-27-25(13-19)40-24-4-2-3-5-26(24)41-27/h2-8,11-13,15,18,23,35H,9-10,14,16-17H2,1H3,(H,33,38)(H,34,39)/t18-,23?/m1/s1. The first-order chi connectivity index (χ1) is 19.9. The molecular formula is C31H29N5O4S. The van der Waals surface area contributed by atoms with Crippen LogP contribution in [0, 0.1) is 5.41 Å². The molecule has 1 saturated carbocycles. The maximum Gasteiger partial charge on any atom is 0.251 e. The molecule has 1 spiro atoms. The second-order valence-corrected chi connectivity index (χ2v) is 12.2. The van der Waals surface area contributed by atoms with Gasteiger partial charge in [0, 0.05) is 41.1 Å². The van der Waals surface area contributed by atoms with Crippen molar-refractivity contribution in [2.75, 3.05) is 13.1 Å². The van der Waals surface area contributed by atoms with E-state index in [1.54, 1.807) is 41.2 Å². The van der Waals surface area contributed by atoms with E-state index in [9.17, 15) is 14.4 Å². The highest BCUT2D eigenvalue weighted by molar-refractivity contribution is 7.99. The number of hydrogen-bond donors (Lipinski definition) is 3. The minimum Gasteiger partial charge on any atom is -0.455 e. The van der Waals surface area contributed by atoms with Gasteiger partial charge in [0.1, 0.15) is 17.5 Å². The molecule has 2 aliphatic heterocycles. The van der Waals surface area contributed by atoms with Crippen LogP contribution in [0.5, 0.6) is 11.5 Å². The molecule has 2 aromatic heterocycles. The van der Waals surface area contributed by atoms with Crippen molar-refractivity contribution in [3.8, 4) is 11.5 Å². The van der Waals surface area contributed by atoms with E-state index in [0.29, 0.717) is 24.3 Å². The predicted octanol–water partition coefficient (Wildman–Crippen LogP) is 4.81. The molecule has 1 aliphatic carbocycles. The summed E-state index contributed by atoms with van der Waals surface area (Å²) in [5, 5.41) is 6.82. The summed E-state index contributed by atoms with van der Waals surface area (Å²) in [6.45, 7) is 2.28. The molecule has 2 aromatic carbocycles. The maximum atomic E-state index is 13.4. The Balaban J connectivity index is 0.997. The van der Waals surface area contributed by atoms with Crippen LogP contribution in [0.3, 0.4) is 0 Å². The van der Waals surface area contributed by atoms with E-state index >= 15 is 0 Å². The first kappa shape index (κ1) is 25.6. The van der Waals surface area contributed by atoms with Gasteiger partial charge in [0.15, 0.2) is 0 Å². The van der Waals surface area contributed by atoms with Crippen molar-refractivity contribution in [3.05, 3.63) is 78.2 Å². The van der Waals surface area contributed by atoms with Gasteiger partial charge >= 0.3 is 0 Å². The van der Waals surface area contributed by atoms with Crippen LogP contribution in [0.4, 0.5) is 0 Å². The van der Waals surface area contributed by atoms with Gasteiger partial charge in [-0.3, -0.25) is 19.4 Å². The summed E-state index contributed by atoms with van der Waals surface area (Å²) >= 11 is 1.59. The van der Waals surface area contributed by atoms with Crippen molar-refractivity contribution in [3.63, 3.8) is 0 Å². The van der Waals surface area contributed by atoms with Crippen LogP contribution >= 0.6 is 11.8 Å². The number of hydrogen-bond acceptors (Lipinski definition) is 6. The number of aromatic amines is 1. The quantitative estimate of drug-likeness (QED) is 0.271. The Morgan fingerprint density at radius 2 is 1.95 bits per heavy atom. The molecule has 3 amide bonds. The highest BCUT2D eigenvalue weighted by atomic mass is 32.2. The average molecular weight is 568 g/mol. The van der Waals surface area contributed by atoms with E-state index < -0.39 is 6.04 Å². The van der Waals surface area contributed by atoms with Gasteiger partial charge < -0.3 is 25.3 Å². The molecule has 41 heavy (non-hydrogen) atoms. The van der Waals surface area contributed by atoms with Crippen LogP contribution in [0.1, 0.15) is 48.3 Å². The first-order valence-corrected chi connectivity index (χ1v) is 14.6. The van der Waals surface area contributed by atoms with Crippen LogP contribution < -0.4 is 15.4 Å². The molecule has 2 fully saturated rings. The normalized spacial score (nSPS) is 18.8. The van der Waals surface area contributed by atoms with E-state index in [1.807, 2.05) is 49.4 Å². The van der Waals surface area contributed by atoms with E-state index in [4.69, 9.17) is 4.74 Å². The largest absolute Gasteiger partial charge is 0.455 e. The van der Waals surface area contributed by atoms with E-state index in [0.717, 1.165) is 45.0 Å². The molecule has 3 N–H and O–H groups in total. The van der Waals surface area contributed by atoms with Crippen LogP contribution in [0.25, 0.3) is 10.9 Å². The lowest BCUT2D eigenvalue weighted by Crippen LogP contribution is -2.49. The van der Waals surface area contributed by atoms with Crippen molar-refractivity contribution >= 4 is 40.4 Å². The number of fused-ring (bicyclic) bond motifs is 3. The van der Waals surface area contributed by atoms with Gasteiger partial charge in [0.05, 0.1) is 22.4 Å². The molecule has 10 heteroatoms. The highest BCUT2D eigenvalue weighted by Crippen LogP contribution is 2.55. The van der Waals surface area contributed by atoms with Gasteiger partial charge in [-0.1, -0.05) is 23.9 Å². The van der Waals surface area contributed by atoms with Crippen molar-refractivity contribution in [1.82, 2.24) is 25.5 Å². The van der Waals surface area contributed by atoms with Crippen molar-refractivity contribution in [2.24, 2.45) is 5.41 Å². The van der Waals surface area contributed by atoms with E-state index in [2.05, 4.69) is 20.6 Å². The lowest BCUT2D eigenvalue weighted by Gasteiger charge is -2.25. The second-order valence-electron chi connectivity index (χ2n) is 11.2. The zero-order chi connectivity index (χ0) is 28.1. The molecule has 208 valence electrons. The van der Waals surface area contributed by atoms with Gasteiger partial charge in [-0.05, 0) is 74.1 Å². The predicted molar refractivity (Wildman–Crippen MR) is 154 cm³/mol. The van der Waals surface area contributed by atoms with Crippen molar-refractivity contribution in [2.45, 2.75) is 48.1 Å². The van der Waals surface area contributed by atoms with Gasteiger partial charge in [-0.15, -0.1) is 0 Å². The Morgan fingerprint density at radius 3 is 2.78 bits per heavy atom. The topological polar surface area (TPSA) is 116 Å². The van der Waals surface area contributed by atoms with Gasteiger partial charge in [0.25, 0.3) is 5.91 Å². The number of aromatic nitrogens is 2. The maximum absolute atomic E-state index is 13.4. The smallest absolute Gasteiger partial charge is 0.251 e. The van der Waals surface area contributed by atoms with Crippen molar-refractivity contribution in [1.29, 1.82) is 0 Å². The number of ether oxygens (including phenoxy) is 1. The van der Waals surface area contributed by atoms with Crippen LogP contribution in [-0.2, 0) is 9.59 Å². The highest BCUT2D eigenvalue weighted by Gasteiger charge is 2.55. The van der Waals surface area contributed by atoms with Gasteiger partial charge in [-0.25, -0.2) is 0 Å². The van der Waals surface area contributed by atoms with Gasteiger partial charge in [0.2, 0.25) is 11.8 Å². The third kappa shape index (κ3) is 4.93. The zero-order valence-electron chi connectivity index (χ0n) is 22.5. The molecule has 7 rings (SSSR count). The fourth-order valence-electron chi connectivity index (χ4n) is 5.74. The van der Waals surface area contributed by atoms with Crippen molar-refractivity contribution < 1.29 is 19.1 Å². The molecule has 2 atom stereocenters. The third-order valence-corrected chi connectivity index (χ3v) is 9.37. The summed E-state index contributed by atoms with van der Waals surface area (Å²) in [6, 6.07) is 16.1. The first-order valence-electron chi connectivity index (χ1n) is 13.8. The second kappa shape index (κ2) is 9.95. The summed E-state index contributed by atoms with van der Waals surface area (Å²) in [4.78, 5) is 50.8. The molecule has 1 unspecified atom stereocenters. The summed E-state index contributed by atoms with van der Waals surface area (Å²) in [5.41, 5.74) is 2.26. The molecule has 4 heterocycles. The number of nitrogens with zero attached hydrogens (tertiary/aromatic N) is 2. The molecule has 0 radical (unpaired) electrons. The number of benzene rings is 2. The lowest BCUT2D eigenvalue weighted by molar-refractivity contribution is -0.138.